The number of halogens is 3. The van der Waals surface area contributed by atoms with E-state index in [1.165, 1.54) is 4.57 Å². The Morgan fingerprint density at radius 3 is 2.53 bits per heavy atom. The summed E-state index contributed by atoms with van der Waals surface area (Å²) < 4.78 is 36.5. The minimum Gasteiger partial charge on any atom is -0.477 e. The highest BCUT2D eigenvalue weighted by atomic mass is 35.5. The van der Waals surface area contributed by atoms with Crippen molar-refractivity contribution in [1.29, 1.82) is 0 Å². The molecule has 11 heteroatoms. The molecule has 1 aromatic heterocycles. The van der Waals surface area contributed by atoms with Gasteiger partial charge in [0.05, 0.1) is 33.7 Å². The number of carbonyl (C=O) groups excluding carboxylic acids is 1. The third-order valence-corrected chi connectivity index (χ3v) is 7.54. The smallest absolute Gasteiger partial charge is 0.410 e. The number of carboxylic acid groups (broad SMARTS) is 1. The van der Waals surface area contributed by atoms with Gasteiger partial charge in [0.2, 0.25) is 5.43 Å². The maximum absolute atomic E-state index is 15.5. The third kappa shape index (κ3) is 4.19. The first-order valence-electron chi connectivity index (χ1n) is 12.1. The first kappa shape index (κ1) is 24.8. The predicted molar refractivity (Wildman–Crippen MR) is 130 cm³/mol. The van der Waals surface area contributed by atoms with Crippen LogP contribution in [-0.4, -0.2) is 64.1 Å². The molecule has 194 valence electrons. The highest BCUT2D eigenvalue weighted by molar-refractivity contribution is 6.38. The Labute approximate surface area is 211 Å². The first-order valence-corrected chi connectivity index (χ1v) is 12.4. The summed E-state index contributed by atoms with van der Waals surface area (Å²) in [6.45, 7) is 6.70. The molecule has 2 aliphatic heterocycles. The van der Waals surface area contributed by atoms with E-state index in [9.17, 15) is 23.9 Å². The first-order chi connectivity index (χ1) is 16.9. The molecule has 2 aromatic rings. The summed E-state index contributed by atoms with van der Waals surface area (Å²) in [7, 11) is 0. The fraction of sp³-hybridized carbons (Fsp3) is 0.560. The van der Waals surface area contributed by atoms with E-state index in [0.29, 0.717) is 19.6 Å². The second-order valence-corrected chi connectivity index (χ2v) is 11.2. The van der Waals surface area contributed by atoms with Crippen molar-refractivity contribution in [2.75, 3.05) is 24.5 Å². The quantitative estimate of drug-likeness (QED) is 0.631. The number of aromatic nitrogens is 1. The number of ether oxygens (including phenoxy) is 1. The predicted octanol–water partition coefficient (Wildman–Crippen LogP) is 4.61. The molecule has 0 spiro atoms. The molecular formula is C25H28ClF2N3O5. The van der Waals surface area contributed by atoms with E-state index in [-0.39, 0.29) is 40.0 Å². The number of hydrogen-bond acceptors (Lipinski definition) is 5. The minimum absolute atomic E-state index is 0.0648. The van der Waals surface area contributed by atoms with Gasteiger partial charge < -0.3 is 24.2 Å². The molecule has 0 bridgehead atoms. The maximum Gasteiger partial charge on any atom is 0.410 e. The number of pyridine rings is 1. The van der Waals surface area contributed by atoms with Gasteiger partial charge in [-0.2, -0.15) is 0 Å². The molecule has 1 saturated carbocycles. The van der Waals surface area contributed by atoms with E-state index < -0.39 is 46.7 Å². The SMILES string of the molecule is CC(C)(C)OC(=O)N1CCCC2CN(c3c(F)cc4c(=O)c(C(=O)O)cn([C@@H]5C[C@@H]5F)c4c3Cl)CC21. The van der Waals surface area contributed by atoms with Crippen LogP contribution in [0, 0.1) is 11.7 Å². The van der Waals surface area contributed by atoms with Crippen LogP contribution >= 0.6 is 11.6 Å². The normalized spacial score (nSPS) is 25.7. The number of amides is 1. The number of benzene rings is 1. The molecule has 8 nitrogen and oxygen atoms in total. The third-order valence-electron chi connectivity index (χ3n) is 7.18. The van der Waals surface area contributed by atoms with Gasteiger partial charge in [-0.3, -0.25) is 4.79 Å². The van der Waals surface area contributed by atoms with E-state index in [4.69, 9.17) is 16.3 Å². The van der Waals surface area contributed by atoms with Crippen LogP contribution in [0.25, 0.3) is 10.9 Å². The molecule has 3 fully saturated rings. The number of alkyl halides is 1. The number of nitrogens with zero attached hydrogens (tertiary/aromatic N) is 3. The van der Waals surface area contributed by atoms with Gasteiger partial charge in [0.1, 0.15) is 23.2 Å². The molecule has 3 heterocycles. The van der Waals surface area contributed by atoms with Gasteiger partial charge in [-0.1, -0.05) is 11.6 Å². The molecule has 3 aliphatic rings. The molecule has 36 heavy (non-hydrogen) atoms. The number of piperidine rings is 1. The monoisotopic (exact) mass is 523 g/mol. The fourth-order valence-corrected chi connectivity index (χ4v) is 5.89. The van der Waals surface area contributed by atoms with E-state index >= 15 is 4.39 Å². The molecule has 2 saturated heterocycles. The fourth-order valence-electron chi connectivity index (χ4n) is 5.49. The number of likely N-dealkylation sites (tertiary alicyclic amines) is 1. The molecule has 4 atom stereocenters. The van der Waals surface area contributed by atoms with Crippen LogP contribution in [0.4, 0.5) is 19.3 Å². The zero-order valence-electron chi connectivity index (χ0n) is 20.3. The lowest BCUT2D eigenvalue weighted by molar-refractivity contribution is 0.00668. The molecule has 0 radical (unpaired) electrons. The highest BCUT2D eigenvalue weighted by Crippen LogP contribution is 2.45. The second-order valence-electron chi connectivity index (χ2n) is 10.9. The summed E-state index contributed by atoms with van der Waals surface area (Å²) in [5, 5.41) is 9.19. The topological polar surface area (TPSA) is 92.1 Å². The van der Waals surface area contributed by atoms with Crippen LogP contribution in [0.5, 0.6) is 0 Å². The van der Waals surface area contributed by atoms with Crippen molar-refractivity contribution < 1.29 is 28.2 Å². The largest absolute Gasteiger partial charge is 0.477 e. The number of rotatable bonds is 3. The van der Waals surface area contributed by atoms with Crippen molar-refractivity contribution in [2.24, 2.45) is 5.92 Å². The Balaban J connectivity index is 1.56. The molecule has 5 rings (SSSR count). The maximum atomic E-state index is 15.5. The molecule has 1 aliphatic carbocycles. The zero-order chi connectivity index (χ0) is 26.1. The molecule has 1 amide bonds. The number of fused-ring (bicyclic) bond motifs is 2. The Kier molecular flexibility index (Phi) is 5.93. The Bertz CT molecular complexity index is 1320. The van der Waals surface area contributed by atoms with E-state index in [0.717, 1.165) is 25.1 Å². The van der Waals surface area contributed by atoms with Crippen LogP contribution in [0.15, 0.2) is 17.1 Å². The number of aromatic carboxylic acids is 1. The Morgan fingerprint density at radius 2 is 1.92 bits per heavy atom. The van der Waals surface area contributed by atoms with Gasteiger partial charge in [-0.15, -0.1) is 0 Å². The van der Waals surface area contributed by atoms with E-state index in [1.807, 2.05) is 0 Å². The van der Waals surface area contributed by atoms with Crippen LogP contribution in [0.3, 0.4) is 0 Å². The average Bonchev–Trinajstić information content (AvgIpc) is 3.34. The minimum atomic E-state index is -1.47. The lowest BCUT2D eigenvalue weighted by Crippen LogP contribution is -2.50. The summed E-state index contributed by atoms with van der Waals surface area (Å²) in [4.78, 5) is 40.8. The van der Waals surface area contributed by atoms with Crippen molar-refractivity contribution in [3.8, 4) is 0 Å². The van der Waals surface area contributed by atoms with Gasteiger partial charge in [0.25, 0.3) is 0 Å². The van der Waals surface area contributed by atoms with Gasteiger partial charge in [0.15, 0.2) is 0 Å². The standard InChI is InChI=1S/C25H28ClF2N3O5/c1-25(2,3)36-24(35)30-6-4-5-12-9-29(11-18(12)30)21-16(28)7-13-20(19(21)26)31(17-8-15(17)27)10-14(22(13)32)23(33)34/h7,10,12,15,17-18H,4-6,8-9,11H2,1-3H3,(H,33,34)/t12?,15-,17+,18?/m0/s1. The van der Waals surface area contributed by atoms with Crippen LogP contribution in [-0.2, 0) is 4.74 Å². The summed E-state index contributed by atoms with van der Waals surface area (Å²) in [6, 6.07) is 0.117. The number of carboxylic acids is 1. The molecule has 1 N–H and O–H groups in total. The van der Waals surface area contributed by atoms with Crippen molar-refractivity contribution in [3.63, 3.8) is 0 Å². The van der Waals surface area contributed by atoms with Gasteiger partial charge in [0, 0.05) is 32.3 Å². The van der Waals surface area contributed by atoms with Gasteiger partial charge >= 0.3 is 12.1 Å². The molecule has 2 unspecified atom stereocenters. The second kappa shape index (κ2) is 8.61. The highest BCUT2D eigenvalue weighted by Gasteiger charge is 2.44. The molecule has 1 aromatic carbocycles. The Hall–Kier alpha value is -2.88. The lowest BCUT2D eigenvalue weighted by Gasteiger charge is -2.37. The van der Waals surface area contributed by atoms with Crippen LogP contribution in [0.1, 0.15) is 56.4 Å². The number of anilines is 1. The molecular weight excluding hydrogens is 496 g/mol. The van der Waals surface area contributed by atoms with E-state index in [2.05, 4.69) is 0 Å². The van der Waals surface area contributed by atoms with E-state index in [1.54, 1.807) is 30.6 Å². The summed E-state index contributed by atoms with van der Waals surface area (Å²) in [5.41, 5.74) is -1.90. The lowest BCUT2D eigenvalue weighted by atomic mass is 9.92. The summed E-state index contributed by atoms with van der Waals surface area (Å²) >= 11 is 6.72. The zero-order valence-corrected chi connectivity index (χ0v) is 21.0. The summed E-state index contributed by atoms with van der Waals surface area (Å²) in [5.74, 6) is -2.17. The van der Waals surface area contributed by atoms with Crippen molar-refractivity contribution >= 4 is 40.3 Å². The number of hydrogen-bond donors (Lipinski definition) is 1. The Morgan fingerprint density at radius 1 is 1.22 bits per heavy atom. The van der Waals surface area contributed by atoms with Gasteiger partial charge in [-0.25, -0.2) is 18.4 Å². The van der Waals surface area contributed by atoms with Crippen LogP contribution < -0.4 is 10.3 Å². The number of carbonyl (C=O) groups is 2. The van der Waals surface area contributed by atoms with Crippen molar-refractivity contribution in [3.05, 3.63) is 38.9 Å². The summed E-state index contributed by atoms with van der Waals surface area (Å²) in [6.07, 6.45) is 1.27. The van der Waals surface area contributed by atoms with Crippen molar-refractivity contribution in [2.45, 2.75) is 63.9 Å². The van der Waals surface area contributed by atoms with Crippen LogP contribution in [0.2, 0.25) is 5.02 Å². The van der Waals surface area contributed by atoms with Crippen molar-refractivity contribution in [1.82, 2.24) is 9.47 Å². The average molecular weight is 524 g/mol. The van der Waals surface area contributed by atoms with Gasteiger partial charge in [-0.05, 0) is 45.6 Å².